The first-order valence-corrected chi connectivity index (χ1v) is 11.3. The SMILES string of the molecule is COc1ccc2[nH]c(CC3CC(C(C)C)C(CNC(=O)C4CCC4)C=C3C)nc2n1. The van der Waals surface area contributed by atoms with Crippen molar-refractivity contribution in [3.63, 3.8) is 0 Å². The molecule has 162 valence electrons. The van der Waals surface area contributed by atoms with E-state index in [9.17, 15) is 4.79 Å². The maximum absolute atomic E-state index is 12.3. The second-order valence-corrected chi connectivity index (χ2v) is 9.40. The summed E-state index contributed by atoms with van der Waals surface area (Å²) in [5.41, 5.74) is 3.06. The van der Waals surface area contributed by atoms with Crippen molar-refractivity contribution in [2.45, 2.75) is 52.9 Å². The molecule has 4 rings (SSSR count). The standard InChI is InChI=1S/C24H34N4O2/c1-14(2)19-11-17(12-21-26-20-8-9-22(30-4)28-23(20)27-21)15(3)10-18(19)13-25-24(29)16-6-5-7-16/h8-10,14,16-19H,5-7,11-13H2,1-4H3,(H,25,29)(H,26,27,28). The first-order chi connectivity index (χ1) is 14.4. The molecule has 2 aliphatic carbocycles. The number of nitrogens with zero attached hydrogens (tertiary/aromatic N) is 2. The number of rotatable bonds is 7. The molecule has 0 aromatic carbocycles. The quantitative estimate of drug-likeness (QED) is 0.668. The van der Waals surface area contributed by atoms with Crippen LogP contribution in [0.15, 0.2) is 23.8 Å². The van der Waals surface area contributed by atoms with Gasteiger partial charge in [0.25, 0.3) is 0 Å². The molecular weight excluding hydrogens is 376 g/mol. The molecule has 2 aromatic rings. The monoisotopic (exact) mass is 410 g/mol. The maximum Gasteiger partial charge on any atom is 0.223 e. The molecule has 30 heavy (non-hydrogen) atoms. The number of allylic oxidation sites excluding steroid dienone is 1. The zero-order chi connectivity index (χ0) is 21.3. The van der Waals surface area contributed by atoms with Crippen LogP contribution in [0, 0.1) is 29.6 Å². The zero-order valence-corrected chi connectivity index (χ0v) is 18.6. The van der Waals surface area contributed by atoms with E-state index in [-0.39, 0.29) is 11.8 Å². The molecule has 6 nitrogen and oxygen atoms in total. The number of imidazole rings is 1. The Balaban J connectivity index is 1.45. The summed E-state index contributed by atoms with van der Waals surface area (Å²) in [5, 5.41) is 3.23. The van der Waals surface area contributed by atoms with E-state index in [1.807, 2.05) is 12.1 Å². The molecule has 1 fully saturated rings. The summed E-state index contributed by atoms with van der Waals surface area (Å²) in [4.78, 5) is 24.9. The van der Waals surface area contributed by atoms with Crippen LogP contribution >= 0.6 is 0 Å². The summed E-state index contributed by atoms with van der Waals surface area (Å²) in [6.07, 6.45) is 7.71. The summed E-state index contributed by atoms with van der Waals surface area (Å²) in [6, 6.07) is 3.83. The molecule has 3 unspecified atom stereocenters. The summed E-state index contributed by atoms with van der Waals surface area (Å²) in [7, 11) is 1.62. The van der Waals surface area contributed by atoms with Gasteiger partial charge in [-0.15, -0.1) is 0 Å². The number of nitrogens with one attached hydrogen (secondary N) is 2. The zero-order valence-electron chi connectivity index (χ0n) is 18.6. The third-order valence-electron chi connectivity index (χ3n) is 7.09. The average molecular weight is 411 g/mol. The highest BCUT2D eigenvalue weighted by atomic mass is 16.5. The number of pyridine rings is 1. The largest absolute Gasteiger partial charge is 0.481 e. The van der Waals surface area contributed by atoms with E-state index in [1.54, 1.807) is 7.11 Å². The van der Waals surface area contributed by atoms with Crippen LogP contribution in [-0.2, 0) is 11.2 Å². The first-order valence-electron chi connectivity index (χ1n) is 11.3. The Hall–Kier alpha value is -2.37. The van der Waals surface area contributed by atoms with Crippen molar-refractivity contribution in [1.82, 2.24) is 20.3 Å². The summed E-state index contributed by atoms with van der Waals surface area (Å²) in [5.74, 6) is 4.06. The fourth-order valence-electron chi connectivity index (χ4n) is 4.91. The van der Waals surface area contributed by atoms with E-state index in [4.69, 9.17) is 9.72 Å². The number of ether oxygens (including phenoxy) is 1. The van der Waals surface area contributed by atoms with Crippen LogP contribution in [0.4, 0.5) is 0 Å². The summed E-state index contributed by atoms with van der Waals surface area (Å²) >= 11 is 0. The van der Waals surface area contributed by atoms with Gasteiger partial charge in [-0.25, -0.2) is 4.98 Å². The normalized spacial score (nSPS) is 24.6. The molecule has 0 saturated heterocycles. The minimum absolute atomic E-state index is 0.252. The van der Waals surface area contributed by atoms with Gasteiger partial charge in [0.05, 0.1) is 12.6 Å². The Bertz CT molecular complexity index is 928. The molecule has 2 aliphatic rings. The van der Waals surface area contributed by atoms with Crippen molar-refractivity contribution in [1.29, 1.82) is 0 Å². The molecule has 2 heterocycles. The Morgan fingerprint density at radius 3 is 2.77 bits per heavy atom. The third kappa shape index (κ3) is 4.37. The van der Waals surface area contributed by atoms with Crippen molar-refractivity contribution in [2.75, 3.05) is 13.7 Å². The molecule has 0 aliphatic heterocycles. The first kappa shape index (κ1) is 20.9. The van der Waals surface area contributed by atoms with Crippen molar-refractivity contribution in [3.8, 4) is 5.88 Å². The number of amides is 1. The molecule has 0 bridgehead atoms. The minimum Gasteiger partial charge on any atom is -0.481 e. The van der Waals surface area contributed by atoms with Crippen LogP contribution in [0.1, 0.15) is 52.3 Å². The number of hydrogen-bond acceptors (Lipinski definition) is 4. The van der Waals surface area contributed by atoms with E-state index in [0.29, 0.717) is 35.2 Å². The molecule has 3 atom stereocenters. The van der Waals surface area contributed by atoms with Crippen molar-refractivity contribution >= 4 is 17.1 Å². The number of fused-ring (bicyclic) bond motifs is 1. The predicted octanol–water partition coefficient (Wildman–Crippen LogP) is 4.28. The molecule has 2 N–H and O–H groups in total. The highest BCUT2D eigenvalue weighted by Gasteiger charge is 2.33. The lowest BCUT2D eigenvalue weighted by molar-refractivity contribution is -0.127. The minimum atomic E-state index is 0.252. The Labute approximate surface area is 178 Å². The van der Waals surface area contributed by atoms with E-state index in [1.165, 1.54) is 12.0 Å². The summed E-state index contributed by atoms with van der Waals surface area (Å²) in [6.45, 7) is 7.59. The molecule has 2 aromatic heterocycles. The number of carbonyl (C=O) groups is 1. The van der Waals surface area contributed by atoms with Gasteiger partial charge in [-0.3, -0.25) is 4.79 Å². The highest BCUT2D eigenvalue weighted by molar-refractivity contribution is 5.79. The second kappa shape index (κ2) is 8.78. The van der Waals surface area contributed by atoms with E-state index in [0.717, 1.165) is 43.6 Å². The lowest BCUT2D eigenvalue weighted by atomic mass is 9.69. The Morgan fingerprint density at radius 2 is 2.10 bits per heavy atom. The van der Waals surface area contributed by atoms with Gasteiger partial charge in [-0.1, -0.05) is 31.9 Å². The van der Waals surface area contributed by atoms with Gasteiger partial charge < -0.3 is 15.0 Å². The van der Waals surface area contributed by atoms with Gasteiger partial charge in [0.15, 0.2) is 5.65 Å². The molecule has 1 amide bonds. The van der Waals surface area contributed by atoms with Gasteiger partial charge in [0.1, 0.15) is 5.82 Å². The topological polar surface area (TPSA) is 79.9 Å². The van der Waals surface area contributed by atoms with E-state index >= 15 is 0 Å². The van der Waals surface area contributed by atoms with Crippen LogP contribution in [0.25, 0.3) is 11.2 Å². The Morgan fingerprint density at radius 1 is 1.30 bits per heavy atom. The van der Waals surface area contributed by atoms with Crippen molar-refractivity contribution in [2.24, 2.45) is 29.6 Å². The smallest absolute Gasteiger partial charge is 0.223 e. The van der Waals surface area contributed by atoms with Crippen LogP contribution in [0.3, 0.4) is 0 Å². The van der Waals surface area contributed by atoms with Crippen molar-refractivity contribution < 1.29 is 9.53 Å². The number of methoxy groups -OCH3 is 1. The molecule has 0 spiro atoms. The van der Waals surface area contributed by atoms with Crippen molar-refractivity contribution in [3.05, 3.63) is 29.6 Å². The van der Waals surface area contributed by atoms with Gasteiger partial charge in [-0.05, 0) is 55.9 Å². The molecule has 1 saturated carbocycles. The number of H-pyrrole nitrogens is 1. The fraction of sp³-hybridized carbons (Fsp3) is 0.625. The average Bonchev–Trinajstić information content (AvgIpc) is 3.07. The summed E-state index contributed by atoms with van der Waals surface area (Å²) < 4.78 is 5.21. The van der Waals surface area contributed by atoms with E-state index < -0.39 is 0 Å². The maximum atomic E-state index is 12.3. The predicted molar refractivity (Wildman–Crippen MR) is 118 cm³/mol. The third-order valence-corrected chi connectivity index (χ3v) is 7.09. The molecule has 6 heteroatoms. The highest BCUT2D eigenvalue weighted by Crippen LogP contribution is 2.39. The molecule has 0 radical (unpaired) electrons. The lowest BCUT2D eigenvalue weighted by Gasteiger charge is -2.37. The number of aromatic nitrogens is 3. The van der Waals surface area contributed by atoms with Crippen LogP contribution < -0.4 is 10.1 Å². The lowest BCUT2D eigenvalue weighted by Crippen LogP contribution is -2.40. The van der Waals surface area contributed by atoms with Gasteiger partial charge in [-0.2, -0.15) is 4.98 Å². The van der Waals surface area contributed by atoms with Gasteiger partial charge in [0, 0.05) is 24.9 Å². The number of aromatic amines is 1. The molecular formula is C24H34N4O2. The van der Waals surface area contributed by atoms with Gasteiger partial charge >= 0.3 is 0 Å². The van der Waals surface area contributed by atoms with Gasteiger partial charge in [0.2, 0.25) is 11.8 Å². The fourth-order valence-corrected chi connectivity index (χ4v) is 4.91. The van der Waals surface area contributed by atoms with E-state index in [2.05, 4.69) is 42.1 Å². The number of carbonyl (C=O) groups excluding carboxylic acids is 1. The number of hydrogen-bond donors (Lipinski definition) is 2. The second-order valence-electron chi connectivity index (χ2n) is 9.40. The van der Waals surface area contributed by atoms with Crippen LogP contribution in [0.2, 0.25) is 0 Å². The Kier molecular flexibility index (Phi) is 6.11. The van der Waals surface area contributed by atoms with Crippen LogP contribution in [0.5, 0.6) is 5.88 Å². The van der Waals surface area contributed by atoms with Crippen LogP contribution in [-0.4, -0.2) is 34.5 Å².